The number of furan rings is 2. The lowest BCUT2D eigenvalue weighted by atomic mass is 9.94. The first kappa shape index (κ1) is 31.2. The van der Waals surface area contributed by atoms with E-state index in [1.54, 1.807) is 0 Å². The lowest BCUT2D eigenvalue weighted by Gasteiger charge is -2.27. The third kappa shape index (κ3) is 4.70. The first-order chi connectivity index (χ1) is 27.8. The quantitative estimate of drug-likeness (QED) is 0.176. The van der Waals surface area contributed by atoms with Crippen LogP contribution in [0.1, 0.15) is 0 Å². The average molecular weight is 734 g/mol. The molecule has 0 bridgehead atoms. The van der Waals surface area contributed by atoms with Crippen LogP contribution in [-0.4, -0.2) is 0 Å². The van der Waals surface area contributed by atoms with Gasteiger partial charge in [-0.1, -0.05) is 133 Å². The molecule has 0 spiro atoms. The molecule has 0 aliphatic heterocycles. The number of rotatable bonds is 5. The summed E-state index contributed by atoms with van der Waals surface area (Å²) in [5.74, 6) is 0. The Morgan fingerprint density at radius 1 is 0.393 bits per heavy atom. The van der Waals surface area contributed by atoms with E-state index in [2.05, 4.69) is 187 Å². The fraction of sp³-hybridized carbons (Fsp3) is 0. The largest absolute Gasteiger partial charge is 0.456 e. The van der Waals surface area contributed by atoms with E-state index in [9.17, 15) is 0 Å². The van der Waals surface area contributed by atoms with Gasteiger partial charge in [-0.25, -0.2) is 0 Å². The summed E-state index contributed by atoms with van der Waals surface area (Å²) in [6, 6.07) is 67.1. The second-order valence-electron chi connectivity index (χ2n) is 14.4. The highest BCUT2D eigenvalue weighted by Crippen LogP contribution is 2.51. The second-order valence-corrected chi connectivity index (χ2v) is 15.5. The molecule has 0 aliphatic rings. The molecule has 9 aromatic carbocycles. The van der Waals surface area contributed by atoms with Crippen LogP contribution in [0.15, 0.2) is 197 Å². The Morgan fingerprint density at radius 3 is 1.96 bits per heavy atom. The third-order valence-corrected chi connectivity index (χ3v) is 12.5. The van der Waals surface area contributed by atoms with Gasteiger partial charge in [0.15, 0.2) is 0 Å². The van der Waals surface area contributed by atoms with Crippen molar-refractivity contribution in [2.45, 2.75) is 0 Å². The predicted molar refractivity (Wildman–Crippen MR) is 237 cm³/mol. The first-order valence-electron chi connectivity index (χ1n) is 18.9. The first-order valence-corrected chi connectivity index (χ1v) is 19.7. The van der Waals surface area contributed by atoms with Gasteiger partial charge in [-0.05, 0) is 82.1 Å². The maximum absolute atomic E-state index is 7.09. The van der Waals surface area contributed by atoms with Crippen LogP contribution in [0.4, 0.5) is 17.1 Å². The number of hydrogen-bond acceptors (Lipinski definition) is 4. The van der Waals surface area contributed by atoms with Crippen LogP contribution >= 0.6 is 11.3 Å². The summed E-state index contributed by atoms with van der Waals surface area (Å²) in [6.45, 7) is 0. The van der Waals surface area contributed by atoms with Gasteiger partial charge in [-0.3, -0.25) is 0 Å². The van der Waals surface area contributed by atoms with E-state index in [0.717, 1.165) is 72.1 Å². The zero-order valence-corrected chi connectivity index (χ0v) is 30.9. The molecule has 0 atom stereocenters. The van der Waals surface area contributed by atoms with Crippen LogP contribution < -0.4 is 4.90 Å². The number of nitrogens with zero attached hydrogens (tertiary/aromatic N) is 1. The van der Waals surface area contributed by atoms with Crippen molar-refractivity contribution in [2.75, 3.05) is 4.90 Å². The Labute approximate surface area is 325 Å². The van der Waals surface area contributed by atoms with Crippen molar-refractivity contribution < 1.29 is 8.83 Å². The normalized spacial score (nSPS) is 11.9. The standard InChI is InChI=1S/C52H31NO2S/c1-2-12-32(13-3-1)34-26-28-37(29-27-34)53(43-20-10-18-39-38-16-7-9-23-47(38)56-52(39)43)42-19-11-22-45-49(42)41-31-46-50(40-17-6-8-21-44(40)54-46)48(51(41)55-45)36-25-24-33-14-4-5-15-35(33)30-36/h1-31H. The number of fused-ring (bicyclic) bond motifs is 10. The number of anilines is 3. The molecular weight excluding hydrogens is 703 g/mol. The Balaban J connectivity index is 1.17. The highest BCUT2D eigenvalue weighted by atomic mass is 32.1. The van der Waals surface area contributed by atoms with Gasteiger partial charge in [0.05, 0.1) is 21.5 Å². The molecule has 0 saturated heterocycles. The molecule has 3 nitrogen and oxygen atoms in total. The molecule has 4 heteroatoms. The molecule has 3 heterocycles. The fourth-order valence-electron chi connectivity index (χ4n) is 8.70. The number of hydrogen-bond donors (Lipinski definition) is 0. The van der Waals surface area contributed by atoms with Crippen LogP contribution in [0.25, 0.3) is 97.1 Å². The summed E-state index contributed by atoms with van der Waals surface area (Å²) < 4.78 is 16.3. The fourth-order valence-corrected chi connectivity index (χ4v) is 9.91. The third-order valence-electron chi connectivity index (χ3n) is 11.2. The lowest BCUT2D eigenvalue weighted by molar-refractivity contribution is 0.664. The summed E-state index contributed by atoms with van der Waals surface area (Å²) in [4.78, 5) is 2.42. The van der Waals surface area contributed by atoms with E-state index in [-0.39, 0.29) is 0 Å². The molecule has 12 rings (SSSR count). The van der Waals surface area contributed by atoms with Gasteiger partial charge in [0.25, 0.3) is 0 Å². The van der Waals surface area contributed by atoms with Crippen LogP contribution in [0.5, 0.6) is 0 Å². The smallest absolute Gasteiger partial charge is 0.144 e. The van der Waals surface area contributed by atoms with E-state index in [1.807, 2.05) is 17.4 Å². The van der Waals surface area contributed by atoms with Crippen molar-refractivity contribution in [3.63, 3.8) is 0 Å². The van der Waals surface area contributed by atoms with Crippen molar-refractivity contribution in [1.29, 1.82) is 0 Å². The van der Waals surface area contributed by atoms with Crippen LogP contribution in [0, 0.1) is 0 Å². The van der Waals surface area contributed by atoms with Gasteiger partial charge in [0.1, 0.15) is 22.3 Å². The maximum Gasteiger partial charge on any atom is 0.144 e. The minimum atomic E-state index is 0.825. The number of benzene rings is 9. The van der Waals surface area contributed by atoms with Gasteiger partial charge in [0, 0.05) is 42.9 Å². The van der Waals surface area contributed by atoms with E-state index < -0.39 is 0 Å². The highest BCUT2D eigenvalue weighted by molar-refractivity contribution is 7.26. The van der Waals surface area contributed by atoms with Crippen molar-refractivity contribution in [3.05, 3.63) is 188 Å². The van der Waals surface area contributed by atoms with E-state index in [0.29, 0.717) is 0 Å². The van der Waals surface area contributed by atoms with Gasteiger partial charge < -0.3 is 13.7 Å². The zero-order chi connectivity index (χ0) is 36.7. The molecule has 0 unspecified atom stereocenters. The molecule has 0 amide bonds. The summed E-state index contributed by atoms with van der Waals surface area (Å²) in [5, 5.41) is 9.09. The Morgan fingerprint density at radius 2 is 1.07 bits per heavy atom. The SMILES string of the molecule is c1ccc(-c2ccc(N(c3cccc4c3sc3ccccc34)c3cccc4oc5c(-c6ccc7ccccc7c6)c6c(cc5c34)oc3ccccc36)cc2)cc1. The molecule has 262 valence electrons. The molecule has 0 fully saturated rings. The average Bonchev–Trinajstić information content (AvgIpc) is 3.95. The van der Waals surface area contributed by atoms with Crippen molar-refractivity contribution in [1.82, 2.24) is 0 Å². The van der Waals surface area contributed by atoms with E-state index in [1.165, 1.54) is 42.1 Å². The Bertz CT molecular complexity index is 3480. The highest BCUT2D eigenvalue weighted by Gasteiger charge is 2.26. The molecule has 56 heavy (non-hydrogen) atoms. The predicted octanol–water partition coefficient (Wildman–Crippen LogP) is 15.8. The van der Waals surface area contributed by atoms with Crippen LogP contribution in [-0.2, 0) is 0 Å². The van der Waals surface area contributed by atoms with Gasteiger partial charge in [-0.2, -0.15) is 0 Å². The van der Waals surface area contributed by atoms with Crippen LogP contribution in [0.3, 0.4) is 0 Å². The maximum atomic E-state index is 7.09. The minimum absolute atomic E-state index is 0.825. The molecular formula is C52H31NO2S. The molecule has 0 saturated carbocycles. The second kappa shape index (κ2) is 12.2. The van der Waals surface area contributed by atoms with Gasteiger partial charge in [-0.15, -0.1) is 11.3 Å². The summed E-state index contributed by atoms with van der Waals surface area (Å²) >= 11 is 1.84. The summed E-state index contributed by atoms with van der Waals surface area (Å²) in [7, 11) is 0. The van der Waals surface area contributed by atoms with Crippen molar-refractivity contribution in [3.8, 4) is 22.3 Å². The lowest BCUT2D eigenvalue weighted by Crippen LogP contribution is -2.10. The Hall–Kier alpha value is -7.14. The zero-order valence-electron chi connectivity index (χ0n) is 30.1. The van der Waals surface area contributed by atoms with Crippen molar-refractivity contribution >= 4 is 103 Å². The monoisotopic (exact) mass is 733 g/mol. The number of thiophene rings is 1. The topological polar surface area (TPSA) is 29.5 Å². The molecule has 0 radical (unpaired) electrons. The van der Waals surface area contributed by atoms with Gasteiger partial charge >= 0.3 is 0 Å². The van der Waals surface area contributed by atoms with E-state index in [4.69, 9.17) is 8.83 Å². The molecule has 0 aliphatic carbocycles. The molecule has 12 aromatic rings. The van der Waals surface area contributed by atoms with Crippen LogP contribution in [0.2, 0.25) is 0 Å². The van der Waals surface area contributed by atoms with Crippen molar-refractivity contribution in [2.24, 2.45) is 0 Å². The minimum Gasteiger partial charge on any atom is -0.456 e. The van der Waals surface area contributed by atoms with E-state index >= 15 is 0 Å². The Kier molecular flexibility index (Phi) is 6.80. The van der Waals surface area contributed by atoms with Gasteiger partial charge in [0.2, 0.25) is 0 Å². The number of para-hydroxylation sites is 1. The summed E-state index contributed by atoms with van der Waals surface area (Å²) in [6.07, 6.45) is 0. The molecule has 3 aromatic heterocycles. The molecule has 0 N–H and O–H groups in total. The summed E-state index contributed by atoms with van der Waals surface area (Å²) in [5.41, 5.74) is 11.1.